The predicted octanol–water partition coefficient (Wildman–Crippen LogP) is 3.71. The van der Waals surface area contributed by atoms with Crippen LogP contribution in [0.4, 0.5) is 0 Å². The Kier molecular flexibility index (Phi) is 12.4. The van der Waals surface area contributed by atoms with Crippen molar-refractivity contribution < 1.29 is 9.47 Å². The maximum absolute atomic E-state index is 5.71. The number of halogens is 1. The molecule has 0 aromatic carbocycles. The van der Waals surface area contributed by atoms with Gasteiger partial charge in [0.05, 0.1) is 23.4 Å². The molecule has 2 heterocycles. The molecule has 0 bridgehead atoms. The molecule has 1 unspecified atom stereocenters. The number of aromatic nitrogens is 1. The molecular weight excluding hydrogens is 499 g/mol. The van der Waals surface area contributed by atoms with Crippen LogP contribution in [0, 0.1) is 0 Å². The van der Waals surface area contributed by atoms with Crippen molar-refractivity contribution in [1.82, 2.24) is 15.6 Å². The Morgan fingerprint density at radius 2 is 2.14 bits per heavy atom. The molecule has 1 atom stereocenters. The first-order chi connectivity index (χ1) is 13.8. The third kappa shape index (κ3) is 9.06. The Morgan fingerprint density at radius 1 is 1.24 bits per heavy atom. The van der Waals surface area contributed by atoms with E-state index in [2.05, 4.69) is 17.6 Å². The second-order valence-electron chi connectivity index (χ2n) is 7.54. The zero-order valence-corrected chi connectivity index (χ0v) is 20.9. The summed E-state index contributed by atoms with van der Waals surface area (Å²) in [5, 5.41) is 8.02. The Balaban J connectivity index is 0.00000300. The fraction of sp³-hybridized carbons (Fsp3) is 0.810. The molecule has 1 aromatic rings. The number of nitrogens with zero attached hydrogens (tertiary/aromatic N) is 2. The van der Waals surface area contributed by atoms with E-state index in [-0.39, 0.29) is 24.0 Å². The second kappa shape index (κ2) is 14.5. The number of hydrogen-bond donors (Lipinski definition) is 2. The molecule has 8 heteroatoms. The van der Waals surface area contributed by atoms with Crippen LogP contribution in [0.3, 0.4) is 0 Å². The van der Waals surface area contributed by atoms with E-state index in [4.69, 9.17) is 19.5 Å². The number of hydrogen-bond acceptors (Lipinski definition) is 5. The largest absolute Gasteiger partial charge is 0.379 e. The summed E-state index contributed by atoms with van der Waals surface area (Å²) in [6, 6.07) is 0. The number of ether oxygens (including phenoxy) is 2. The molecule has 166 valence electrons. The first-order valence-corrected chi connectivity index (χ1v) is 11.9. The minimum atomic E-state index is 0. The number of rotatable bonds is 11. The lowest BCUT2D eigenvalue weighted by Gasteiger charge is -2.12. The van der Waals surface area contributed by atoms with Crippen LogP contribution in [0.2, 0.25) is 0 Å². The van der Waals surface area contributed by atoms with Crippen molar-refractivity contribution >= 4 is 41.3 Å². The van der Waals surface area contributed by atoms with Crippen LogP contribution in [0.5, 0.6) is 0 Å². The number of fused-ring (bicyclic) bond motifs is 1. The highest BCUT2D eigenvalue weighted by Crippen LogP contribution is 2.27. The van der Waals surface area contributed by atoms with E-state index in [1.807, 2.05) is 11.3 Å². The molecule has 1 aliphatic carbocycles. The fourth-order valence-electron chi connectivity index (χ4n) is 3.65. The predicted molar refractivity (Wildman–Crippen MR) is 131 cm³/mol. The Labute approximate surface area is 196 Å². The maximum Gasteiger partial charge on any atom is 0.191 e. The van der Waals surface area contributed by atoms with Gasteiger partial charge in [-0.05, 0) is 58.3 Å². The van der Waals surface area contributed by atoms with Gasteiger partial charge in [-0.2, -0.15) is 0 Å². The molecular formula is C21H37IN4O2S. The maximum atomic E-state index is 5.71. The average Bonchev–Trinajstić information content (AvgIpc) is 3.36. The smallest absolute Gasteiger partial charge is 0.191 e. The molecule has 2 N–H and O–H groups in total. The molecule has 2 aliphatic rings. The van der Waals surface area contributed by atoms with Crippen molar-refractivity contribution in [3.05, 3.63) is 15.6 Å². The van der Waals surface area contributed by atoms with Gasteiger partial charge in [-0.15, -0.1) is 35.3 Å². The van der Waals surface area contributed by atoms with E-state index >= 15 is 0 Å². The molecule has 0 spiro atoms. The van der Waals surface area contributed by atoms with Gasteiger partial charge in [0.2, 0.25) is 0 Å². The summed E-state index contributed by atoms with van der Waals surface area (Å²) >= 11 is 1.92. The van der Waals surface area contributed by atoms with E-state index in [1.54, 1.807) is 0 Å². The van der Waals surface area contributed by atoms with Crippen molar-refractivity contribution in [2.24, 2.45) is 4.99 Å². The molecule has 0 amide bonds. The zero-order chi connectivity index (χ0) is 19.4. The third-order valence-electron chi connectivity index (χ3n) is 5.14. The van der Waals surface area contributed by atoms with Crippen molar-refractivity contribution in [2.45, 2.75) is 70.8 Å². The molecule has 3 rings (SSSR count). The van der Waals surface area contributed by atoms with Gasteiger partial charge in [-0.25, -0.2) is 4.98 Å². The SMILES string of the molecule is CCNC(=NCCCc1nc2c(s1)CCCC2)NCCCOCC1CCCO1.I. The molecule has 1 fully saturated rings. The van der Waals surface area contributed by atoms with Gasteiger partial charge in [0.25, 0.3) is 0 Å². The highest BCUT2D eigenvalue weighted by atomic mass is 127. The van der Waals surface area contributed by atoms with E-state index in [9.17, 15) is 0 Å². The fourth-order valence-corrected chi connectivity index (χ4v) is 4.85. The highest BCUT2D eigenvalue weighted by molar-refractivity contribution is 14.0. The van der Waals surface area contributed by atoms with Gasteiger partial charge in [0, 0.05) is 44.1 Å². The molecule has 0 saturated carbocycles. The van der Waals surface area contributed by atoms with Crippen molar-refractivity contribution in [3.63, 3.8) is 0 Å². The quantitative estimate of drug-likeness (QED) is 0.195. The minimum Gasteiger partial charge on any atom is -0.379 e. The van der Waals surface area contributed by atoms with Gasteiger partial charge in [0.15, 0.2) is 5.96 Å². The zero-order valence-electron chi connectivity index (χ0n) is 17.7. The van der Waals surface area contributed by atoms with Crippen LogP contribution in [0.25, 0.3) is 0 Å². The summed E-state index contributed by atoms with van der Waals surface area (Å²) in [7, 11) is 0. The summed E-state index contributed by atoms with van der Waals surface area (Å²) in [6.07, 6.45) is 10.7. The lowest BCUT2D eigenvalue weighted by molar-refractivity contribution is 0.0168. The molecule has 1 aliphatic heterocycles. The van der Waals surface area contributed by atoms with Gasteiger partial charge in [-0.3, -0.25) is 4.99 Å². The topological polar surface area (TPSA) is 67.8 Å². The van der Waals surface area contributed by atoms with Gasteiger partial charge < -0.3 is 20.1 Å². The Hall–Kier alpha value is -0.450. The van der Waals surface area contributed by atoms with E-state index in [1.165, 1.54) is 47.7 Å². The lowest BCUT2D eigenvalue weighted by atomic mass is 10.0. The molecule has 0 radical (unpaired) electrons. The van der Waals surface area contributed by atoms with E-state index in [0.717, 1.165) is 71.1 Å². The summed E-state index contributed by atoms with van der Waals surface area (Å²) in [5.41, 5.74) is 1.37. The lowest BCUT2D eigenvalue weighted by Crippen LogP contribution is -2.38. The number of aryl methyl sites for hydroxylation is 3. The van der Waals surface area contributed by atoms with Gasteiger partial charge in [0.1, 0.15) is 0 Å². The standard InChI is InChI=1S/C21H36N4O2S.HI/c1-2-22-21(24-13-7-14-26-16-17-8-6-15-27-17)23-12-5-11-20-25-18-9-3-4-10-19(18)28-20;/h17H,2-16H2,1H3,(H2,22,23,24);1H. The first kappa shape index (κ1) is 24.8. The molecule has 29 heavy (non-hydrogen) atoms. The van der Waals surface area contributed by atoms with Crippen LogP contribution in [-0.2, 0) is 28.7 Å². The van der Waals surface area contributed by atoms with Gasteiger partial charge >= 0.3 is 0 Å². The molecule has 1 saturated heterocycles. The summed E-state index contributed by atoms with van der Waals surface area (Å²) in [6.45, 7) is 7.06. The number of aliphatic imine (C=N–C) groups is 1. The van der Waals surface area contributed by atoms with E-state index < -0.39 is 0 Å². The van der Waals surface area contributed by atoms with Crippen molar-refractivity contribution in [2.75, 3.05) is 39.5 Å². The minimum absolute atomic E-state index is 0. The van der Waals surface area contributed by atoms with Crippen LogP contribution in [-0.4, -0.2) is 56.5 Å². The number of guanidine groups is 1. The van der Waals surface area contributed by atoms with Gasteiger partial charge in [-0.1, -0.05) is 0 Å². The highest BCUT2D eigenvalue weighted by Gasteiger charge is 2.15. The summed E-state index contributed by atoms with van der Waals surface area (Å²) in [5.74, 6) is 0.903. The Bertz CT molecular complexity index is 582. The monoisotopic (exact) mass is 536 g/mol. The van der Waals surface area contributed by atoms with Crippen LogP contribution in [0.1, 0.15) is 61.0 Å². The van der Waals surface area contributed by atoms with Crippen molar-refractivity contribution in [1.29, 1.82) is 0 Å². The summed E-state index contributed by atoms with van der Waals surface area (Å²) < 4.78 is 11.3. The van der Waals surface area contributed by atoms with Crippen LogP contribution in [0.15, 0.2) is 4.99 Å². The Morgan fingerprint density at radius 3 is 2.93 bits per heavy atom. The number of thiazole rings is 1. The first-order valence-electron chi connectivity index (χ1n) is 11.0. The van der Waals surface area contributed by atoms with Crippen molar-refractivity contribution in [3.8, 4) is 0 Å². The normalized spacial score (nSPS) is 18.9. The van der Waals surface area contributed by atoms with Crippen LogP contribution >= 0.6 is 35.3 Å². The second-order valence-corrected chi connectivity index (χ2v) is 8.71. The third-order valence-corrected chi connectivity index (χ3v) is 6.36. The van der Waals surface area contributed by atoms with E-state index in [0.29, 0.717) is 6.10 Å². The van der Waals surface area contributed by atoms with Crippen LogP contribution < -0.4 is 10.6 Å². The summed E-state index contributed by atoms with van der Waals surface area (Å²) in [4.78, 5) is 11.1. The molecule has 1 aromatic heterocycles. The molecule has 6 nitrogen and oxygen atoms in total. The number of nitrogens with one attached hydrogen (secondary N) is 2. The average molecular weight is 537 g/mol.